The Hall–Kier alpha value is -2.37. The summed E-state index contributed by atoms with van der Waals surface area (Å²) in [5, 5.41) is 0. The molecular formula is C25H35N3O3. The number of benzene rings is 1. The van der Waals surface area contributed by atoms with Gasteiger partial charge in [-0.25, -0.2) is 0 Å². The molecule has 6 nitrogen and oxygen atoms in total. The molecule has 4 rings (SSSR count). The van der Waals surface area contributed by atoms with Gasteiger partial charge in [0.15, 0.2) is 0 Å². The fourth-order valence-corrected chi connectivity index (χ4v) is 5.52. The lowest BCUT2D eigenvalue weighted by Gasteiger charge is -2.43. The van der Waals surface area contributed by atoms with Crippen LogP contribution < -0.4 is 0 Å². The van der Waals surface area contributed by atoms with Crippen LogP contribution in [0.1, 0.15) is 56.1 Å². The third-order valence-corrected chi connectivity index (χ3v) is 7.56. The van der Waals surface area contributed by atoms with E-state index in [2.05, 4.69) is 12.1 Å². The van der Waals surface area contributed by atoms with Gasteiger partial charge in [0.1, 0.15) is 6.54 Å². The van der Waals surface area contributed by atoms with E-state index in [-0.39, 0.29) is 30.2 Å². The molecule has 0 bridgehead atoms. The van der Waals surface area contributed by atoms with Gasteiger partial charge in [0.2, 0.25) is 17.7 Å². The molecule has 1 saturated carbocycles. The van der Waals surface area contributed by atoms with Crippen LogP contribution in [-0.4, -0.2) is 66.2 Å². The molecule has 6 heteroatoms. The zero-order valence-corrected chi connectivity index (χ0v) is 18.9. The number of fused-ring (bicyclic) bond motifs is 1. The van der Waals surface area contributed by atoms with Crippen molar-refractivity contribution in [3.05, 3.63) is 35.4 Å². The van der Waals surface area contributed by atoms with Crippen LogP contribution in [0.3, 0.4) is 0 Å². The van der Waals surface area contributed by atoms with Gasteiger partial charge < -0.3 is 14.7 Å². The van der Waals surface area contributed by atoms with Gasteiger partial charge in [0, 0.05) is 39.6 Å². The normalized spacial score (nSPS) is 21.5. The fraction of sp³-hybridized carbons (Fsp3) is 0.640. The molecule has 2 aliphatic heterocycles. The maximum atomic E-state index is 13.8. The van der Waals surface area contributed by atoms with E-state index in [1.54, 1.807) is 23.9 Å². The predicted molar refractivity (Wildman–Crippen MR) is 119 cm³/mol. The topological polar surface area (TPSA) is 60.9 Å². The van der Waals surface area contributed by atoms with Crippen molar-refractivity contribution in [2.75, 3.05) is 33.7 Å². The first-order valence-corrected chi connectivity index (χ1v) is 11.7. The first-order chi connectivity index (χ1) is 14.9. The Morgan fingerprint density at radius 1 is 1.03 bits per heavy atom. The standard InChI is InChI=1S/C25H35N3O3/c1-26(2)22(29)18-28-17-21-11-7-6-10-20(21)16-25(24(28)31)12-14-27(15-13-25)23(30)19-8-4-3-5-9-19/h6-7,10-11,19H,3-5,8-9,12-18H2,1-2H3. The molecule has 1 aromatic carbocycles. The summed E-state index contributed by atoms with van der Waals surface area (Å²) in [6, 6.07) is 8.20. The molecule has 2 heterocycles. The van der Waals surface area contributed by atoms with Crippen molar-refractivity contribution in [1.29, 1.82) is 0 Å². The number of piperidine rings is 1. The molecule has 1 spiro atoms. The third kappa shape index (κ3) is 4.48. The predicted octanol–water partition coefficient (Wildman–Crippen LogP) is 2.85. The van der Waals surface area contributed by atoms with Crippen molar-refractivity contribution in [1.82, 2.24) is 14.7 Å². The SMILES string of the molecule is CN(C)C(=O)CN1Cc2ccccc2CC2(CCN(C(=O)C3CCCCC3)CC2)C1=O. The number of hydrogen-bond donors (Lipinski definition) is 0. The van der Waals surface area contributed by atoms with Gasteiger partial charge in [0.05, 0.1) is 5.41 Å². The molecule has 0 aromatic heterocycles. The van der Waals surface area contributed by atoms with Crippen LogP contribution in [0.2, 0.25) is 0 Å². The van der Waals surface area contributed by atoms with Crippen LogP contribution in [0.15, 0.2) is 24.3 Å². The lowest BCUT2D eigenvalue weighted by molar-refractivity contribution is -0.152. The highest BCUT2D eigenvalue weighted by Crippen LogP contribution is 2.41. The van der Waals surface area contributed by atoms with Crippen molar-refractivity contribution < 1.29 is 14.4 Å². The summed E-state index contributed by atoms with van der Waals surface area (Å²) in [6.07, 6.45) is 7.59. The Kier molecular flexibility index (Phi) is 6.35. The fourth-order valence-electron chi connectivity index (χ4n) is 5.52. The van der Waals surface area contributed by atoms with Crippen molar-refractivity contribution >= 4 is 17.7 Å². The van der Waals surface area contributed by atoms with E-state index in [9.17, 15) is 14.4 Å². The summed E-state index contributed by atoms with van der Waals surface area (Å²) in [5.41, 5.74) is 1.80. The monoisotopic (exact) mass is 425 g/mol. The van der Waals surface area contributed by atoms with Crippen molar-refractivity contribution in [3.63, 3.8) is 0 Å². The second kappa shape index (κ2) is 9.01. The van der Waals surface area contributed by atoms with Crippen LogP contribution >= 0.6 is 0 Å². The number of likely N-dealkylation sites (tertiary alicyclic amines) is 1. The van der Waals surface area contributed by atoms with Crippen molar-refractivity contribution in [2.24, 2.45) is 11.3 Å². The van der Waals surface area contributed by atoms with Gasteiger partial charge >= 0.3 is 0 Å². The second-order valence-electron chi connectivity index (χ2n) is 9.84. The Labute approximate surface area is 185 Å². The second-order valence-corrected chi connectivity index (χ2v) is 9.84. The van der Waals surface area contributed by atoms with Gasteiger partial charge in [-0.15, -0.1) is 0 Å². The summed E-state index contributed by atoms with van der Waals surface area (Å²) < 4.78 is 0. The zero-order chi connectivity index (χ0) is 22.0. The average molecular weight is 426 g/mol. The Bertz CT molecular complexity index is 836. The van der Waals surface area contributed by atoms with E-state index in [1.165, 1.54) is 12.0 Å². The average Bonchev–Trinajstić information content (AvgIpc) is 2.89. The van der Waals surface area contributed by atoms with Crippen LogP contribution in [0.5, 0.6) is 0 Å². The van der Waals surface area contributed by atoms with Crippen LogP contribution in [-0.2, 0) is 27.3 Å². The number of amides is 3. The third-order valence-electron chi connectivity index (χ3n) is 7.56. The van der Waals surface area contributed by atoms with Gasteiger partial charge in [0.25, 0.3) is 0 Å². The van der Waals surface area contributed by atoms with Gasteiger partial charge in [-0.1, -0.05) is 43.5 Å². The Morgan fingerprint density at radius 2 is 1.68 bits per heavy atom. The van der Waals surface area contributed by atoms with E-state index in [1.807, 2.05) is 17.0 Å². The summed E-state index contributed by atoms with van der Waals surface area (Å²) >= 11 is 0. The number of likely N-dealkylation sites (N-methyl/N-ethyl adjacent to an activating group) is 1. The molecular weight excluding hydrogens is 390 g/mol. The van der Waals surface area contributed by atoms with E-state index >= 15 is 0 Å². The Morgan fingerprint density at radius 3 is 2.32 bits per heavy atom. The molecule has 0 N–H and O–H groups in total. The first-order valence-electron chi connectivity index (χ1n) is 11.7. The van der Waals surface area contributed by atoms with E-state index in [0.717, 1.165) is 31.2 Å². The maximum absolute atomic E-state index is 13.8. The lowest BCUT2D eigenvalue weighted by atomic mass is 9.72. The maximum Gasteiger partial charge on any atom is 0.241 e. The molecule has 0 atom stereocenters. The largest absolute Gasteiger partial charge is 0.347 e. The van der Waals surface area contributed by atoms with Gasteiger partial charge in [-0.3, -0.25) is 14.4 Å². The molecule has 1 aliphatic carbocycles. The summed E-state index contributed by atoms with van der Waals surface area (Å²) in [7, 11) is 3.45. The molecule has 3 amide bonds. The summed E-state index contributed by atoms with van der Waals surface area (Å²) in [5.74, 6) is 0.467. The van der Waals surface area contributed by atoms with E-state index in [0.29, 0.717) is 38.9 Å². The molecule has 31 heavy (non-hydrogen) atoms. The number of carbonyl (C=O) groups excluding carboxylic acids is 3. The van der Waals surface area contributed by atoms with Crippen molar-refractivity contribution in [2.45, 2.75) is 57.9 Å². The number of hydrogen-bond acceptors (Lipinski definition) is 3. The Balaban J connectivity index is 1.54. The van der Waals surface area contributed by atoms with Crippen LogP contribution in [0.25, 0.3) is 0 Å². The lowest BCUT2D eigenvalue weighted by Crippen LogP contribution is -2.53. The summed E-state index contributed by atoms with van der Waals surface area (Å²) in [6.45, 7) is 1.85. The minimum atomic E-state index is -0.525. The molecule has 1 aromatic rings. The van der Waals surface area contributed by atoms with Crippen molar-refractivity contribution in [3.8, 4) is 0 Å². The zero-order valence-electron chi connectivity index (χ0n) is 18.9. The van der Waals surface area contributed by atoms with Crippen LogP contribution in [0, 0.1) is 11.3 Å². The minimum absolute atomic E-state index is 0.0622. The van der Waals surface area contributed by atoms with E-state index in [4.69, 9.17) is 0 Å². The molecule has 1 saturated heterocycles. The molecule has 168 valence electrons. The number of rotatable bonds is 3. The minimum Gasteiger partial charge on any atom is -0.347 e. The van der Waals surface area contributed by atoms with Gasteiger partial charge in [-0.2, -0.15) is 0 Å². The molecule has 2 fully saturated rings. The molecule has 0 unspecified atom stereocenters. The summed E-state index contributed by atoms with van der Waals surface area (Å²) in [4.78, 5) is 44.6. The quantitative estimate of drug-likeness (QED) is 0.748. The van der Waals surface area contributed by atoms with Crippen LogP contribution in [0.4, 0.5) is 0 Å². The number of carbonyl (C=O) groups is 3. The highest BCUT2D eigenvalue weighted by Gasteiger charge is 2.47. The molecule has 3 aliphatic rings. The van der Waals surface area contributed by atoms with Gasteiger partial charge in [-0.05, 0) is 43.2 Å². The first kappa shape index (κ1) is 21.8. The highest BCUT2D eigenvalue weighted by atomic mass is 16.2. The number of nitrogens with zero attached hydrogens (tertiary/aromatic N) is 3. The smallest absolute Gasteiger partial charge is 0.241 e. The highest BCUT2D eigenvalue weighted by molar-refractivity contribution is 5.89. The molecule has 0 radical (unpaired) electrons. The van der Waals surface area contributed by atoms with E-state index < -0.39 is 5.41 Å².